The minimum absolute atomic E-state index is 0.556. The molecule has 19 heavy (non-hydrogen) atoms. The Labute approximate surface area is 120 Å². The zero-order valence-electron chi connectivity index (χ0n) is 13.3. The van der Waals surface area contributed by atoms with Crippen LogP contribution in [0.4, 0.5) is 0 Å². The quantitative estimate of drug-likeness (QED) is 0.795. The van der Waals surface area contributed by atoms with Crippen LogP contribution >= 0.6 is 0 Å². The second kappa shape index (κ2) is 7.08. The molecular weight excluding hydrogens is 232 g/mol. The molecule has 0 spiro atoms. The van der Waals surface area contributed by atoms with E-state index in [-0.39, 0.29) is 0 Å². The second-order valence-corrected chi connectivity index (χ2v) is 7.49. The number of hydrogen-bond donors (Lipinski definition) is 2. The van der Waals surface area contributed by atoms with Gasteiger partial charge in [-0.3, -0.25) is 0 Å². The summed E-state index contributed by atoms with van der Waals surface area (Å²) in [6, 6.07) is 0.804. The summed E-state index contributed by atoms with van der Waals surface area (Å²) < 4.78 is 0. The van der Waals surface area contributed by atoms with Crippen molar-refractivity contribution in [2.75, 3.05) is 19.6 Å². The van der Waals surface area contributed by atoms with Gasteiger partial charge in [-0.1, -0.05) is 27.2 Å². The fourth-order valence-electron chi connectivity index (χ4n) is 3.79. The van der Waals surface area contributed by atoms with Crippen molar-refractivity contribution in [2.45, 2.75) is 71.8 Å². The molecule has 0 aromatic carbocycles. The highest BCUT2D eigenvalue weighted by Gasteiger charge is 2.31. The molecule has 0 radical (unpaired) electrons. The summed E-state index contributed by atoms with van der Waals surface area (Å²) >= 11 is 0. The van der Waals surface area contributed by atoms with Gasteiger partial charge < -0.3 is 10.6 Å². The standard InChI is InChI=1S/C17H34N2/c1-4-17(2,3)15-5-7-16(8-6-15)19-13-14-9-11-18-12-10-14/h14-16,18-19H,4-13H2,1-3H3. The Morgan fingerprint density at radius 1 is 1.00 bits per heavy atom. The molecule has 0 bridgehead atoms. The van der Waals surface area contributed by atoms with Gasteiger partial charge in [0.05, 0.1) is 0 Å². The summed E-state index contributed by atoms with van der Waals surface area (Å²) in [6.45, 7) is 11.0. The molecule has 2 N–H and O–H groups in total. The lowest BCUT2D eigenvalue weighted by atomic mass is 9.69. The van der Waals surface area contributed by atoms with E-state index >= 15 is 0 Å². The van der Waals surface area contributed by atoms with Crippen LogP contribution in [0, 0.1) is 17.3 Å². The topological polar surface area (TPSA) is 24.1 Å². The van der Waals surface area contributed by atoms with Crippen LogP contribution < -0.4 is 10.6 Å². The van der Waals surface area contributed by atoms with Gasteiger partial charge in [-0.2, -0.15) is 0 Å². The third kappa shape index (κ3) is 4.46. The Morgan fingerprint density at radius 3 is 2.21 bits per heavy atom. The maximum absolute atomic E-state index is 3.85. The molecule has 0 aromatic rings. The number of rotatable bonds is 5. The molecule has 0 unspecified atom stereocenters. The van der Waals surface area contributed by atoms with E-state index in [1.807, 2.05) is 0 Å². The van der Waals surface area contributed by atoms with Crippen LogP contribution in [0.5, 0.6) is 0 Å². The van der Waals surface area contributed by atoms with Gasteiger partial charge in [0.15, 0.2) is 0 Å². The second-order valence-electron chi connectivity index (χ2n) is 7.49. The van der Waals surface area contributed by atoms with Gasteiger partial charge in [0, 0.05) is 6.04 Å². The van der Waals surface area contributed by atoms with E-state index in [0.29, 0.717) is 5.41 Å². The molecule has 2 aliphatic rings. The van der Waals surface area contributed by atoms with E-state index in [9.17, 15) is 0 Å². The highest BCUT2D eigenvalue weighted by molar-refractivity contribution is 4.85. The first-order valence-electron chi connectivity index (χ1n) is 8.56. The molecule has 1 saturated carbocycles. The van der Waals surface area contributed by atoms with Crippen molar-refractivity contribution < 1.29 is 0 Å². The molecule has 2 heteroatoms. The number of hydrogen-bond acceptors (Lipinski definition) is 2. The van der Waals surface area contributed by atoms with Crippen molar-refractivity contribution in [3.8, 4) is 0 Å². The summed E-state index contributed by atoms with van der Waals surface area (Å²) in [5.41, 5.74) is 0.556. The smallest absolute Gasteiger partial charge is 0.00673 e. The van der Waals surface area contributed by atoms with Crippen molar-refractivity contribution in [2.24, 2.45) is 17.3 Å². The number of piperidine rings is 1. The maximum Gasteiger partial charge on any atom is 0.00673 e. The lowest BCUT2D eigenvalue weighted by Crippen LogP contribution is -2.41. The molecule has 0 amide bonds. The van der Waals surface area contributed by atoms with Crippen LogP contribution in [-0.2, 0) is 0 Å². The summed E-state index contributed by atoms with van der Waals surface area (Å²) in [7, 11) is 0. The van der Waals surface area contributed by atoms with Crippen molar-refractivity contribution in [1.29, 1.82) is 0 Å². The zero-order chi connectivity index (χ0) is 13.7. The normalized spacial score (nSPS) is 30.5. The summed E-state index contributed by atoms with van der Waals surface area (Å²) in [4.78, 5) is 0. The Bertz CT molecular complexity index is 248. The van der Waals surface area contributed by atoms with Gasteiger partial charge >= 0.3 is 0 Å². The summed E-state index contributed by atoms with van der Waals surface area (Å²) in [6.07, 6.45) is 9.73. The molecule has 2 fully saturated rings. The molecule has 2 nitrogen and oxygen atoms in total. The van der Waals surface area contributed by atoms with Crippen LogP contribution in [0.15, 0.2) is 0 Å². The molecule has 2 rings (SSSR count). The molecule has 1 heterocycles. The fraction of sp³-hybridized carbons (Fsp3) is 1.00. The highest BCUT2D eigenvalue weighted by atomic mass is 14.9. The number of nitrogens with one attached hydrogen (secondary N) is 2. The zero-order valence-corrected chi connectivity index (χ0v) is 13.3. The van der Waals surface area contributed by atoms with Crippen LogP contribution in [0.3, 0.4) is 0 Å². The largest absolute Gasteiger partial charge is 0.317 e. The first kappa shape index (κ1) is 15.3. The van der Waals surface area contributed by atoms with Gasteiger partial charge in [0.25, 0.3) is 0 Å². The molecule has 1 saturated heterocycles. The Kier molecular flexibility index (Phi) is 5.70. The predicted octanol–water partition coefficient (Wildman–Crippen LogP) is 3.57. The lowest BCUT2D eigenvalue weighted by Gasteiger charge is -2.39. The van der Waals surface area contributed by atoms with Gasteiger partial charge in [-0.15, -0.1) is 0 Å². The highest BCUT2D eigenvalue weighted by Crippen LogP contribution is 2.40. The van der Waals surface area contributed by atoms with Crippen molar-refractivity contribution in [3.05, 3.63) is 0 Å². The van der Waals surface area contributed by atoms with E-state index in [0.717, 1.165) is 17.9 Å². The Balaban J connectivity index is 1.66. The van der Waals surface area contributed by atoms with E-state index < -0.39 is 0 Å². The van der Waals surface area contributed by atoms with Crippen molar-refractivity contribution in [1.82, 2.24) is 10.6 Å². The molecule has 1 aliphatic carbocycles. The van der Waals surface area contributed by atoms with Crippen LogP contribution in [-0.4, -0.2) is 25.7 Å². The summed E-state index contributed by atoms with van der Waals surface area (Å²) in [5.74, 6) is 1.88. The van der Waals surface area contributed by atoms with Crippen molar-refractivity contribution in [3.63, 3.8) is 0 Å². The predicted molar refractivity (Wildman–Crippen MR) is 83.4 cm³/mol. The first-order chi connectivity index (χ1) is 9.12. The average Bonchev–Trinajstić information content (AvgIpc) is 2.47. The van der Waals surface area contributed by atoms with Crippen LogP contribution in [0.25, 0.3) is 0 Å². The van der Waals surface area contributed by atoms with Crippen LogP contribution in [0.2, 0.25) is 0 Å². The van der Waals surface area contributed by atoms with Gasteiger partial charge in [0.2, 0.25) is 0 Å². The van der Waals surface area contributed by atoms with E-state index in [1.54, 1.807) is 0 Å². The minimum atomic E-state index is 0.556. The summed E-state index contributed by atoms with van der Waals surface area (Å²) in [5, 5.41) is 7.31. The molecule has 1 aliphatic heterocycles. The Morgan fingerprint density at radius 2 is 1.63 bits per heavy atom. The fourth-order valence-corrected chi connectivity index (χ4v) is 3.79. The lowest BCUT2D eigenvalue weighted by molar-refractivity contribution is 0.135. The van der Waals surface area contributed by atoms with E-state index in [1.165, 1.54) is 64.6 Å². The molecule has 112 valence electrons. The van der Waals surface area contributed by atoms with Crippen LogP contribution in [0.1, 0.15) is 65.7 Å². The maximum atomic E-state index is 3.85. The van der Waals surface area contributed by atoms with Gasteiger partial charge in [-0.25, -0.2) is 0 Å². The van der Waals surface area contributed by atoms with E-state index in [2.05, 4.69) is 31.4 Å². The van der Waals surface area contributed by atoms with Crippen molar-refractivity contribution >= 4 is 0 Å². The monoisotopic (exact) mass is 266 g/mol. The third-order valence-electron chi connectivity index (χ3n) is 5.90. The molecular formula is C17H34N2. The minimum Gasteiger partial charge on any atom is -0.317 e. The Hall–Kier alpha value is -0.0800. The average molecular weight is 266 g/mol. The van der Waals surface area contributed by atoms with Gasteiger partial charge in [-0.05, 0) is 75.4 Å². The first-order valence-corrected chi connectivity index (χ1v) is 8.56. The van der Waals surface area contributed by atoms with Gasteiger partial charge in [0.1, 0.15) is 0 Å². The molecule has 0 aromatic heterocycles. The van der Waals surface area contributed by atoms with E-state index in [4.69, 9.17) is 0 Å². The third-order valence-corrected chi connectivity index (χ3v) is 5.90. The molecule has 0 atom stereocenters. The SMILES string of the molecule is CCC(C)(C)C1CCC(NCC2CCNCC2)CC1.